The molecule has 112 valence electrons. The molecule has 1 aromatic heterocycles. The first-order chi connectivity index (χ1) is 9.86. The molecule has 0 aromatic carbocycles. The highest BCUT2D eigenvalue weighted by Gasteiger charge is 2.36. The maximum absolute atomic E-state index is 5.55. The Morgan fingerprint density at radius 1 is 1.15 bits per heavy atom. The zero-order chi connectivity index (χ0) is 13.8. The Morgan fingerprint density at radius 2 is 1.85 bits per heavy atom. The Morgan fingerprint density at radius 3 is 2.40 bits per heavy atom. The van der Waals surface area contributed by atoms with E-state index in [2.05, 4.69) is 23.2 Å². The summed E-state index contributed by atoms with van der Waals surface area (Å²) in [5, 5.41) is 3.68. The molecule has 3 rings (SSSR count). The predicted molar refractivity (Wildman–Crippen MR) is 81.6 cm³/mol. The monoisotopic (exact) mass is 276 g/mol. The van der Waals surface area contributed by atoms with Crippen molar-refractivity contribution in [2.75, 3.05) is 6.54 Å². The van der Waals surface area contributed by atoms with Gasteiger partial charge in [-0.15, -0.1) is 0 Å². The molecule has 20 heavy (non-hydrogen) atoms. The number of hydrogen-bond donors (Lipinski definition) is 1. The third-order valence-electron chi connectivity index (χ3n) is 4.78. The number of nitrogens with one attached hydrogen (secondary N) is 1. The van der Waals surface area contributed by atoms with Crippen LogP contribution in [0.5, 0.6) is 0 Å². The van der Waals surface area contributed by atoms with Crippen molar-refractivity contribution in [2.45, 2.75) is 76.5 Å². The van der Waals surface area contributed by atoms with Crippen LogP contribution in [-0.4, -0.2) is 29.6 Å². The molecule has 0 amide bonds. The minimum atomic E-state index is 0.760. The topological polar surface area (TPSA) is 28.4 Å². The summed E-state index contributed by atoms with van der Waals surface area (Å²) in [4.78, 5) is 2.72. The van der Waals surface area contributed by atoms with E-state index in [1.54, 1.807) is 6.26 Å². The molecular weight excluding hydrogens is 248 g/mol. The Labute approximate surface area is 122 Å². The van der Waals surface area contributed by atoms with Gasteiger partial charge in [0.05, 0.1) is 12.8 Å². The highest BCUT2D eigenvalue weighted by atomic mass is 16.3. The van der Waals surface area contributed by atoms with Gasteiger partial charge in [-0.05, 0) is 63.6 Å². The van der Waals surface area contributed by atoms with Gasteiger partial charge >= 0.3 is 0 Å². The third kappa shape index (κ3) is 3.64. The van der Waals surface area contributed by atoms with Gasteiger partial charge in [-0.3, -0.25) is 4.90 Å². The minimum Gasteiger partial charge on any atom is -0.468 e. The maximum atomic E-state index is 5.55. The van der Waals surface area contributed by atoms with E-state index >= 15 is 0 Å². The zero-order valence-electron chi connectivity index (χ0n) is 12.7. The molecule has 2 fully saturated rings. The zero-order valence-corrected chi connectivity index (χ0v) is 12.7. The number of hydrogen-bond acceptors (Lipinski definition) is 3. The Bertz CT molecular complexity index is 378. The van der Waals surface area contributed by atoms with Crippen LogP contribution in [0.4, 0.5) is 0 Å². The molecule has 3 nitrogen and oxygen atoms in total. The van der Waals surface area contributed by atoms with Crippen molar-refractivity contribution < 1.29 is 4.42 Å². The van der Waals surface area contributed by atoms with Crippen LogP contribution in [0.2, 0.25) is 0 Å². The van der Waals surface area contributed by atoms with Crippen LogP contribution < -0.4 is 5.32 Å². The molecule has 0 radical (unpaired) electrons. The van der Waals surface area contributed by atoms with Gasteiger partial charge in [0.2, 0.25) is 0 Å². The van der Waals surface area contributed by atoms with Crippen molar-refractivity contribution in [3.8, 4) is 0 Å². The van der Waals surface area contributed by atoms with Crippen LogP contribution in [0.3, 0.4) is 0 Å². The van der Waals surface area contributed by atoms with Crippen molar-refractivity contribution in [3.05, 3.63) is 24.2 Å². The summed E-state index contributed by atoms with van der Waals surface area (Å²) in [6.45, 7) is 4.43. The van der Waals surface area contributed by atoms with Crippen LogP contribution in [0.25, 0.3) is 0 Å². The quantitative estimate of drug-likeness (QED) is 0.825. The lowest BCUT2D eigenvalue weighted by Crippen LogP contribution is -2.43. The molecule has 0 bridgehead atoms. The maximum Gasteiger partial charge on any atom is 0.117 e. The molecule has 2 saturated carbocycles. The Hall–Kier alpha value is -0.800. The largest absolute Gasteiger partial charge is 0.468 e. The Kier molecular flexibility index (Phi) is 4.79. The highest BCUT2D eigenvalue weighted by molar-refractivity contribution is 5.01. The van der Waals surface area contributed by atoms with Crippen molar-refractivity contribution in [1.82, 2.24) is 10.2 Å². The lowest BCUT2D eigenvalue weighted by Gasteiger charge is -2.37. The van der Waals surface area contributed by atoms with E-state index < -0.39 is 0 Å². The van der Waals surface area contributed by atoms with Gasteiger partial charge in [0, 0.05) is 18.1 Å². The van der Waals surface area contributed by atoms with Gasteiger partial charge in [-0.1, -0.05) is 6.92 Å². The third-order valence-corrected chi connectivity index (χ3v) is 4.78. The number of nitrogens with zero attached hydrogens (tertiary/aromatic N) is 1. The molecular formula is C17H28N2O. The smallest absolute Gasteiger partial charge is 0.117 e. The van der Waals surface area contributed by atoms with E-state index in [1.165, 1.54) is 51.5 Å². The summed E-state index contributed by atoms with van der Waals surface area (Å²) >= 11 is 0. The summed E-state index contributed by atoms with van der Waals surface area (Å²) < 4.78 is 5.55. The first kappa shape index (κ1) is 14.2. The van der Waals surface area contributed by atoms with Crippen molar-refractivity contribution in [1.29, 1.82) is 0 Å². The molecule has 0 unspecified atom stereocenters. The van der Waals surface area contributed by atoms with E-state index in [1.807, 2.05) is 6.07 Å². The fraction of sp³-hybridized carbons (Fsp3) is 0.765. The lowest BCUT2D eigenvalue weighted by molar-refractivity contribution is 0.119. The molecule has 2 aliphatic rings. The van der Waals surface area contributed by atoms with E-state index in [0.717, 1.165) is 30.4 Å². The first-order valence-electron chi connectivity index (χ1n) is 8.38. The fourth-order valence-electron chi connectivity index (χ4n) is 3.51. The van der Waals surface area contributed by atoms with E-state index in [0.29, 0.717) is 0 Å². The number of rotatable bonds is 7. The summed E-state index contributed by atoms with van der Waals surface area (Å²) in [5.74, 6) is 1.13. The van der Waals surface area contributed by atoms with E-state index in [-0.39, 0.29) is 0 Å². The molecule has 3 heteroatoms. The first-order valence-corrected chi connectivity index (χ1v) is 8.38. The van der Waals surface area contributed by atoms with Crippen LogP contribution in [0.15, 0.2) is 22.8 Å². The molecule has 2 aliphatic carbocycles. The summed E-state index contributed by atoms with van der Waals surface area (Å²) in [5.41, 5.74) is 0. The second-order valence-electron chi connectivity index (χ2n) is 6.44. The van der Waals surface area contributed by atoms with Gasteiger partial charge in [0.1, 0.15) is 5.76 Å². The van der Waals surface area contributed by atoms with Crippen molar-refractivity contribution >= 4 is 0 Å². The molecule has 1 N–H and O–H groups in total. The molecule has 0 saturated heterocycles. The second-order valence-corrected chi connectivity index (χ2v) is 6.44. The normalized spacial score (nSPS) is 27.1. The molecule has 1 heterocycles. The highest BCUT2D eigenvalue weighted by Crippen LogP contribution is 2.35. The van der Waals surface area contributed by atoms with Crippen LogP contribution in [0, 0.1) is 0 Å². The fourth-order valence-corrected chi connectivity index (χ4v) is 3.51. The summed E-state index contributed by atoms with van der Waals surface area (Å²) in [7, 11) is 0. The van der Waals surface area contributed by atoms with Gasteiger partial charge in [0.15, 0.2) is 0 Å². The second kappa shape index (κ2) is 6.77. The van der Waals surface area contributed by atoms with Crippen LogP contribution in [0.1, 0.15) is 57.6 Å². The van der Waals surface area contributed by atoms with Gasteiger partial charge in [0.25, 0.3) is 0 Å². The summed E-state index contributed by atoms with van der Waals surface area (Å²) in [6, 6.07) is 6.48. The SMILES string of the molecule is CCCNC1CCC(N(Cc2ccco2)C2CC2)CC1. The summed E-state index contributed by atoms with van der Waals surface area (Å²) in [6.07, 6.45) is 11.2. The molecule has 0 atom stereocenters. The predicted octanol–water partition coefficient (Wildman–Crippen LogP) is 3.55. The Balaban J connectivity index is 1.51. The van der Waals surface area contributed by atoms with Gasteiger partial charge in [-0.25, -0.2) is 0 Å². The van der Waals surface area contributed by atoms with Crippen LogP contribution in [-0.2, 0) is 6.54 Å². The molecule has 0 spiro atoms. The average Bonchev–Trinajstić information content (AvgIpc) is 3.20. The standard InChI is InChI=1S/C17H28N2O/c1-2-11-18-14-5-7-15(8-6-14)19(16-9-10-16)13-17-4-3-12-20-17/h3-4,12,14-16,18H,2,5-11,13H2,1H3. The van der Waals surface area contributed by atoms with Crippen LogP contribution >= 0.6 is 0 Å². The molecule has 0 aliphatic heterocycles. The van der Waals surface area contributed by atoms with Crippen molar-refractivity contribution in [3.63, 3.8) is 0 Å². The van der Waals surface area contributed by atoms with Gasteiger partial charge < -0.3 is 9.73 Å². The lowest BCUT2D eigenvalue weighted by atomic mass is 9.90. The van der Waals surface area contributed by atoms with Crippen molar-refractivity contribution in [2.24, 2.45) is 0 Å². The molecule has 1 aromatic rings. The minimum absolute atomic E-state index is 0.760. The number of furan rings is 1. The van der Waals surface area contributed by atoms with E-state index in [9.17, 15) is 0 Å². The average molecular weight is 276 g/mol. The van der Waals surface area contributed by atoms with Gasteiger partial charge in [-0.2, -0.15) is 0 Å². The van der Waals surface area contributed by atoms with E-state index in [4.69, 9.17) is 4.42 Å².